The lowest BCUT2D eigenvalue weighted by Gasteiger charge is -2.20. The van der Waals surface area contributed by atoms with Gasteiger partial charge in [0.25, 0.3) is 0 Å². The minimum Gasteiger partial charge on any atom is -0.448 e. The monoisotopic (exact) mass is 319 g/mol. The van der Waals surface area contributed by atoms with Gasteiger partial charge in [-0.25, -0.2) is 9.59 Å². The Morgan fingerprint density at radius 3 is 2.45 bits per heavy atom. The van der Waals surface area contributed by atoms with E-state index in [0.29, 0.717) is 19.7 Å². The summed E-state index contributed by atoms with van der Waals surface area (Å²) >= 11 is 0. The molecule has 0 aromatic carbocycles. The summed E-state index contributed by atoms with van der Waals surface area (Å²) in [5.74, 6) is 0. The number of amides is 2. The first-order valence-corrected chi connectivity index (χ1v) is 7.36. The molecule has 8 heteroatoms. The largest absolute Gasteiger partial charge is 0.448 e. The molecular weight excluding hydrogens is 290 g/mol. The van der Waals surface area contributed by atoms with E-state index in [-0.39, 0.29) is 12.6 Å². The number of nitrogens with two attached hydrogens (primary N) is 1. The van der Waals surface area contributed by atoms with Crippen LogP contribution in [0.4, 0.5) is 9.59 Å². The quantitative estimate of drug-likeness (QED) is 0.518. The third kappa shape index (κ3) is 13.4. The number of nitrogens with one attached hydrogen (secondary N) is 2. The van der Waals surface area contributed by atoms with Gasteiger partial charge in [0.2, 0.25) is 0 Å². The minimum atomic E-state index is -0.786. The van der Waals surface area contributed by atoms with Crippen LogP contribution in [0.5, 0.6) is 0 Å². The molecule has 0 spiro atoms. The maximum absolute atomic E-state index is 11.5. The lowest BCUT2D eigenvalue weighted by molar-refractivity contribution is 0.0526. The van der Waals surface area contributed by atoms with Gasteiger partial charge >= 0.3 is 12.2 Å². The van der Waals surface area contributed by atoms with Crippen molar-refractivity contribution >= 4 is 12.2 Å². The first-order chi connectivity index (χ1) is 10.2. The molecule has 0 aromatic heterocycles. The molecule has 0 aliphatic heterocycles. The number of primary amides is 1. The molecular formula is C14H29N3O5. The maximum atomic E-state index is 11.5. The molecule has 22 heavy (non-hydrogen) atoms. The predicted octanol–water partition coefficient (Wildman–Crippen LogP) is 0.991. The third-order valence-electron chi connectivity index (χ3n) is 2.54. The minimum absolute atomic E-state index is 0.113. The number of carbonyl (C=O) groups excluding carboxylic acids is 2. The number of hydrogen-bond donors (Lipinski definition) is 3. The van der Waals surface area contributed by atoms with E-state index in [2.05, 4.69) is 15.4 Å². The topological polar surface area (TPSA) is 112 Å². The molecule has 2 amide bonds. The fourth-order valence-electron chi connectivity index (χ4n) is 1.71. The highest BCUT2D eigenvalue weighted by atomic mass is 16.6. The number of ether oxygens (including phenoxy) is 3. The average Bonchev–Trinajstić information content (AvgIpc) is 2.37. The van der Waals surface area contributed by atoms with E-state index in [4.69, 9.17) is 15.2 Å². The van der Waals surface area contributed by atoms with Crippen molar-refractivity contribution < 1.29 is 23.8 Å². The van der Waals surface area contributed by atoms with E-state index >= 15 is 0 Å². The van der Waals surface area contributed by atoms with E-state index in [9.17, 15) is 9.59 Å². The molecule has 0 rings (SSSR count). The van der Waals surface area contributed by atoms with Crippen molar-refractivity contribution in [2.24, 2.45) is 5.73 Å². The summed E-state index contributed by atoms with van der Waals surface area (Å²) in [6, 6.07) is 0.113. The number of alkyl carbamates (subject to hydrolysis) is 1. The van der Waals surface area contributed by atoms with Crippen LogP contribution in [0.15, 0.2) is 0 Å². The molecule has 0 aromatic rings. The molecule has 0 bridgehead atoms. The zero-order valence-corrected chi connectivity index (χ0v) is 13.9. The Hall–Kier alpha value is -1.54. The van der Waals surface area contributed by atoms with Gasteiger partial charge in [0.05, 0.1) is 6.61 Å². The average molecular weight is 319 g/mol. The van der Waals surface area contributed by atoms with Crippen molar-refractivity contribution in [3.05, 3.63) is 0 Å². The summed E-state index contributed by atoms with van der Waals surface area (Å²) < 4.78 is 14.9. The lowest BCUT2D eigenvalue weighted by Crippen LogP contribution is -2.37. The first-order valence-electron chi connectivity index (χ1n) is 7.36. The Bertz CT molecular complexity index is 331. The normalized spacial score (nSPS) is 12.5. The molecule has 0 saturated carbocycles. The van der Waals surface area contributed by atoms with Gasteiger partial charge in [-0.05, 0) is 33.6 Å². The van der Waals surface area contributed by atoms with Crippen LogP contribution < -0.4 is 16.4 Å². The molecule has 1 atom stereocenters. The van der Waals surface area contributed by atoms with E-state index in [1.807, 2.05) is 20.8 Å². The molecule has 130 valence electrons. The molecule has 1 unspecified atom stereocenters. The Morgan fingerprint density at radius 2 is 1.91 bits per heavy atom. The second kappa shape index (κ2) is 11.1. The van der Waals surface area contributed by atoms with Crippen molar-refractivity contribution in [2.45, 2.75) is 45.3 Å². The van der Waals surface area contributed by atoms with Gasteiger partial charge in [0.15, 0.2) is 0 Å². The summed E-state index contributed by atoms with van der Waals surface area (Å²) in [6.45, 7) is 7.22. The number of carbonyl (C=O) groups is 2. The Labute approximate surface area is 132 Å². The Kier molecular flexibility index (Phi) is 10.3. The summed E-state index contributed by atoms with van der Waals surface area (Å²) in [5.41, 5.74) is 4.38. The van der Waals surface area contributed by atoms with Crippen LogP contribution in [-0.2, 0) is 14.2 Å². The number of methoxy groups -OCH3 is 1. The van der Waals surface area contributed by atoms with Crippen molar-refractivity contribution in [2.75, 3.05) is 33.4 Å². The lowest BCUT2D eigenvalue weighted by atomic mass is 10.1. The zero-order valence-electron chi connectivity index (χ0n) is 13.9. The fraction of sp³-hybridized carbons (Fsp3) is 0.857. The van der Waals surface area contributed by atoms with E-state index in [0.717, 1.165) is 12.8 Å². The Balaban J connectivity index is 3.81. The van der Waals surface area contributed by atoms with Crippen LogP contribution >= 0.6 is 0 Å². The van der Waals surface area contributed by atoms with Crippen molar-refractivity contribution in [1.29, 1.82) is 0 Å². The van der Waals surface area contributed by atoms with Crippen LogP contribution in [0.3, 0.4) is 0 Å². The van der Waals surface area contributed by atoms with Crippen LogP contribution in [0.25, 0.3) is 0 Å². The predicted molar refractivity (Wildman–Crippen MR) is 82.7 cm³/mol. The molecule has 8 nitrogen and oxygen atoms in total. The van der Waals surface area contributed by atoms with Gasteiger partial charge in [-0.3, -0.25) is 0 Å². The van der Waals surface area contributed by atoms with Gasteiger partial charge in [-0.15, -0.1) is 0 Å². The van der Waals surface area contributed by atoms with E-state index < -0.39 is 17.8 Å². The van der Waals surface area contributed by atoms with E-state index in [1.54, 1.807) is 7.11 Å². The van der Waals surface area contributed by atoms with Crippen molar-refractivity contribution in [1.82, 2.24) is 10.6 Å². The SMILES string of the molecule is COCC(CCCNC(=O)OC(C)(C)C)NCCOC(N)=O. The van der Waals surface area contributed by atoms with Crippen LogP contribution in [-0.4, -0.2) is 57.2 Å². The van der Waals surface area contributed by atoms with Gasteiger partial charge < -0.3 is 30.6 Å². The smallest absolute Gasteiger partial charge is 0.407 e. The van der Waals surface area contributed by atoms with Gasteiger partial charge in [0.1, 0.15) is 12.2 Å². The zero-order chi connectivity index (χ0) is 17.0. The highest BCUT2D eigenvalue weighted by Gasteiger charge is 2.15. The summed E-state index contributed by atoms with van der Waals surface area (Å²) in [5, 5.41) is 5.90. The molecule has 0 saturated heterocycles. The second-order valence-corrected chi connectivity index (χ2v) is 5.84. The van der Waals surface area contributed by atoms with Crippen LogP contribution in [0, 0.1) is 0 Å². The molecule has 0 radical (unpaired) electrons. The summed E-state index contributed by atoms with van der Waals surface area (Å²) in [7, 11) is 1.62. The number of hydrogen-bond acceptors (Lipinski definition) is 6. The standard InChI is InChI=1S/C14H29N3O5/c1-14(2,3)22-13(19)17-7-5-6-11(10-20-4)16-8-9-21-12(15)18/h11,16H,5-10H2,1-4H3,(H2,15,18)(H,17,19). The molecule has 4 N–H and O–H groups in total. The summed E-state index contributed by atoms with van der Waals surface area (Å²) in [6.07, 6.45) is 0.377. The van der Waals surface area contributed by atoms with Crippen LogP contribution in [0.2, 0.25) is 0 Å². The van der Waals surface area contributed by atoms with Crippen molar-refractivity contribution in [3.8, 4) is 0 Å². The van der Waals surface area contributed by atoms with Gasteiger partial charge in [0, 0.05) is 26.2 Å². The van der Waals surface area contributed by atoms with Gasteiger partial charge in [-0.1, -0.05) is 0 Å². The third-order valence-corrected chi connectivity index (χ3v) is 2.54. The fourth-order valence-corrected chi connectivity index (χ4v) is 1.71. The number of rotatable bonds is 10. The van der Waals surface area contributed by atoms with E-state index in [1.165, 1.54) is 0 Å². The maximum Gasteiger partial charge on any atom is 0.407 e. The highest BCUT2D eigenvalue weighted by Crippen LogP contribution is 2.06. The molecule has 0 aliphatic rings. The Morgan fingerprint density at radius 1 is 1.23 bits per heavy atom. The second-order valence-electron chi connectivity index (χ2n) is 5.84. The molecule has 0 fully saturated rings. The molecule has 0 aliphatic carbocycles. The highest BCUT2D eigenvalue weighted by molar-refractivity contribution is 5.67. The molecule has 0 heterocycles. The van der Waals surface area contributed by atoms with Crippen molar-refractivity contribution in [3.63, 3.8) is 0 Å². The summed E-state index contributed by atoms with van der Waals surface area (Å²) in [4.78, 5) is 21.9. The van der Waals surface area contributed by atoms with Gasteiger partial charge in [-0.2, -0.15) is 0 Å². The first kappa shape index (κ1) is 20.5. The van der Waals surface area contributed by atoms with Crippen LogP contribution in [0.1, 0.15) is 33.6 Å².